The van der Waals surface area contributed by atoms with Gasteiger partial charge in [-0.2, -0.15) is 0 Å². The molecule has 0 aliphatic rings. The minimum Gasteiger partial charge on any atom is -0.399 e. The van der Waals surface area contributed by atoms with Crippen molar-refractivity contribution in [2.24, 2.45) is 0 Å². The zero-order chi connectivity index (χ0) is 15.6. The Morgan fingerprint density at radius 1 is 1.19 bits per heavy atom. The molecule has 0 aliphatic heterocycles. The van der Waals surface area contributed by atoms with Crippen LogP contribution < -0.4 is 10.5 Å². The van der Waals surface area contributed by atoms with Gasteiger partial charge in [-0.05, 0) is 49.2 Å². The number of benzene rings is 2. The van der Waals surface area contributed by atoms with Crippen molar-refractivity contribution in [3.05, 3.63) is 58.1 Å². The van der Waals surface area contributed by atoms with E-state index in [9.17, 15) is 8.42 Å². The van der Waals surface area contributed by atoms with Gasteiger partial charge >= 0.3 is 0 Å². The molecule has 21 heavy (non-hydrogen) atoms. The van der Waals surface area contributed by atoms with Crippen molar-refractivity contribution in [1.29, 1.82) is 0 Å². The fraction of sp³-hybridized carbons (Fsp3) is 0.200. The lowest BCUT2D eigenvalue weighted by atomic mass is 10.1. The fourth-order valence-corrected chi connectivity index (χ4v) is 4.24. The Hall–Kier alpha value is -1.37. The summed E-state index contributed by atoms with van der Waals surface area (Å²) in [6, 6.07) is 11.9. The van der Waals surface area contributed by atoms with E-state index in [0.717, 1.165) is 10.0 Å². The number of sulfonamides is 1. The van der Waals surface area contributed by atoms with E-state index in [0.29, 0.717) is 11.3 Å². The predicted octanol–water partition coefficient (Wildman–Crippen LogP) is 3.38. The monoisotopic (exact) mass is 368 g/mol. The molecule has 0 aliphatic carbocycles. The lowest BCUT2D eigenvalue weighted by molar-refractivity contribution is 0.566. The quantitative estimate of drug-likeness (QED) is 0.812. The number of rotatable bonds is 4. The third kappa shape index (κ3) is 3.64. The van der Waals surface area contributed by atoms with Crippen LogP contribution in [0.15, 0.2) is 51.8 Å². The van der Waals surface area contributed by atoms with Gasteiger partial charge < -0.3 is 5.73 Å². The van der Waals surface area contributed by atoms with Crippen molar-refractivity contribution >= 4 is 31.6 Å². The van der Waals surface area contributed by atoms with E-state index >= 15 is 0 Å². The minimum atomic E-state index is -3.60. The lowest BCUT2D eigenvalue weighted by Gasteiger charge is -2.17. The molecule has 2 aromatic rings. The van der Waals surface area contributed by atoms with Crippen molar-refractivity contribution in [1.82, 2.24) is 4.72 Å². The second-order valence-electron chi connectivity index (χ2n) is 4.89. The summed E-state index contributed by atoms with van der Waals surface area (Å²) in [6.45, 7) is 3.54. The third-order valence-corrected chi connectivity index (χ3v) is 5.62. The van der Waals surface area contributed by atoms with Gasteiger partial charge in [0.1, 0.15) is 0 Å². The zero-order valence-corrected chi connectivity index (χ0v) is 14.2. The first-order valence-electron chi connectivity index (χ1n) is 6.44. The van der Waals surface area contributed by atoms with E-state index in [-0.39, 0.29) is 10.9 Å². The number of halogens is 1. The molecule has 112 valence electrons. The summed E-state index contributed by atoms with van der Waals surface area (Å²) in [5.41, 5.74) is 7.72. The Labute approximate surface area is 133 Å². The molecule has 0 radical (unpaired) electrons. The summed E-state index contributed by atoms with van der Waals surface area (Å²) in [7, 11) is -3.60. The first kappa shape index (κ1) is 16.0. The van der Waals surface area contributed by atoms with E-state index in [4.69, 9.17) is 5.73 Å². The van der Waals surface area contributed by atoms with Crippen LogP contribution in [0, 0.1) is 6.92 Å². The maximum Gasteiger partial charge on any atom is 0.241 e. The Balaban J connectivity index is 2.31. The van der Waals surface area contributed by atoms with E-state index in [2.05, 4.69) is 20.7 Å². The second-order valence-corrected chi connectivity index (χ2v) is 7.43. The molecule has 6 heteroatoms. The van der Waals surface area contributed by atoms with Gasteiger partial charge in [0.25, 0.3) is 0 Å². The van der Waals surface area contributed by atoms with Gasteiger partial charge in [-0.1, -0.05) is 34.1 Å². The van der Waals surface area contributed by atoms with Crippen molar-refractivity contribution in [2.45, 2.75) is 24.8 Å². The lowest BCUT2D eigenvalue weighted by Crippen LogP contribution is -2.27. The van der Waals surface area contributed by atoms with Crippen molar-refractivity contribution in [3.8, 4) is 0 Å². The Bertz CT molecular complexity index is 760. The molecule has 0 heterocycles. The van der Waals surface area contributed by atoms with Crippen LogP contribution in [0.1, 0.15) is 24.1 Å². The molecule has 4 nitrogen and oxygen atoms in total. The molecule has 0 amide bonds. The number of nitrogen functional groups attached to an aromatic ring is 1. The number of anilines is 1. The standard InChI is InChI=1S/C15H17BrN2O2S/c1-10-9-12(17)7-8-15(10)21(19,20)18-11(2)13-5-3-4-6-14(13)16/h3-9,11,18H,17H2,1-2H3. The highest BCUT2D eigenvalue weighted by Gasteiger charge is 2.21. The van der Waals surface area contributed by atoms with Crippen molar-refractivity contribution in [3.63, 3.8) is 0 Å². The summed E-state index contributed by atoms with van der Waals surface area (Å²) in [4.78, 5) is 0.246. The SMILES string of the molecule is Cc1cc(N)ccc1S(=O)(=O)NC(C)c1ccccc1Br. The fourth-order valence-electron chi connectivity index (χ4n) is 2.16. The summed E-state index contributed by atoms with van der Waals surface area (Å²) in [5, 5.41) is 0. The molecule has 1 unspecified atom stereocenters. The van der Waals surface area contributed by atoms with Gasteiger partial charge in [0.2, 0.25) is 10.0 Å². The van der Waals surface area contributed by atoms with Crippen LogP contribution in [0.3, 0.4) is 0 Å². The average molecular weight is 369 g/mol. The molecular formula is C15H17BrN2O2S. The summed E-state index contributed by atoms with van der Waals surface area (Å²) in [5.74, 6) is 0. The first-order valence-corrected chi connectivity index (χ1v) is 8.72. The highest BCUT2D eigenvalue weighted by molar-refractivity contribution is 9.10. The molecule has 0 saturated carbocycles. The highest BCUT2D eigenvalue weighted by atomic mass is 79.9. The molecule has 0 bridgehead atoms. The van der Waals surface area contributed by atoms with Crippen molar-refractivity contribution in [2.75, 3.05) is 5.73 Å². The molecule has 2 rings (SSSR count). The number of aryl methyl sites for hydroxylation is 1. The Morgan fingerprint density at radius 2 is 1.86 bits per heavy atom. The van der Waals surface area contributed by atoms with Gasteiger partial charge in [-0.3, -0.25) is 0 Å². The van der Waals surface area contributed by atoms with E-state index in [1.807, 2.05) is 31.2 Å². The molecule has 1 atom stereocenters. The molecule has 0 saturated heterocycles. The Kier molecular flexibility index (Phi) is 4.70. The van der Waals surface area contributed by atoms with Crippen LogP contribution in [0.5, 0.6) is 0 Å². The van der Waals surface area contributed by atoms with Crippen LogP contribution in [-0.2, 0) is 10.0 Å². The average Bonchev–Trinajstić information content (AvgIpc) is 2.37. The number of nitrogens with one attached hydrogen (secondary N) is 1. The number of hydrogen-bond acceptors (Lipinski definition) is 3. The summed E-state index contributed by atoms with van der Waals surface area (Å²) < 4.78 is 28.5. The largest absolute Gasteiger partial charge is 0.399 e. The molecule has 2 aromatic carbocycles. The highest BCUT2D eigenvalue weighted by Crippen LogP contribution is 2.25. The number of hydrogen-bond donors (Lipinski definition) is 2. The normalized spacial score (nSPS) is 13.1. The maximum atomic E-state index is 12.5. The van der Waals surface area contributed by atoms with E-state index in [1.165, 1.54) is 6.07 Å². The van der Waals surface area contributed by atoms with Gasteiger partial charge in [-0.25, -0.2) is 13.1 Å². The van der Waals surface area contributed by atoms with Crippen LogP contribution in [0.2, 0.25) is 0 Å². The third-order valence-electron chi connectivity index (χ3n) is 3.19. The summed E-state index contributed by atoms with van der Waals surface area (Å²) in [6.07, 6.45) is 0. The van der Waals surface area contributed by atoms with Crippen molar-refractivity contribution < 1.29 is 8.42 Å². The maximum absolute atomic E-state index is 12.5. The van der Waals surface area contributed by atoms with Gasteiger partial charge in [0, 0.05) is 16.2 Å². The topological polar surface area (TPSA) is 72.2 Å². The minimum absolute atomic E-state index is 0.246. The molecule has 0 fully saturated rings. The van der Waals surface area contributed by atoms with Crippen LogP contribution in [0.25, 0.3) is 0 Å². The van der Waals surface area contributed by atoms with Gasteiger partial charge in [0.15, 0.2) is 0 Å². The van der Waals surface area contributed by atoms with E-state index in [1.54, 1.807) is 19.1 Å². The van der Waals surface area contributed by atoms with E-state index < -0.39 is 10.0 Å². The molecule has 0 aromatic heterocycles. The molecule has 3 N–H and O–H groups in total. The summed E-state index contributed by atoms with van der Waals surface area (Å²) >= 11 is 3.43. The predicted molar refractivity (Wildman–Crippen MR) is 88.5 cm³/mol. The second kappa shape index (κ2) is 6.17. The smallest absolute Gasteiger partial charge is 0.241 e. The van der Waals surface area contributed by atoms with Gasteiger partial charge in [0.05, 0.1) is 4.90 Å². The van der Waals surface area contributed by atoms with Crippen LogP contribution in [-0.4, -0.2) is 8.42 Å². The number of nitrogens with two attached hydrogens (primary N) is 1. The molecular weight excluding hydrogens is 352 g/mol. The van der Waals surface area contributed by atoms with Crippen LogP contribution >= 0.6 is 15.9 Å². The first-order chi connectivity index (χ1) is 9.81. The molecule has 0 spiro atoms. The Morgan fingerprint density at radius 3 is 2.48 bits per heavy atom. The van der Waals surface area contributed by atoms with Crippen LogP contribution in [0.4, 0.5) is 5.69 Å². The zero-order valence-electron chi connectivity index (χ0n) is 11.8. The van der Waals surface area contributed by atoms with Gasteiger partial charge in [-0.15, -0.1) is 0 Å².